The molecule has 28 heavy (non-hydrogen) atoms. The van der Waals surface area contributed by atoms with E-state index in [2.05, 4.69) is 10.6 Å². The Hall–Kier alpha value is -2.67. The minimum Gasteiger partial charge on any atom is -0.462 e. The molecule has 7 heteroatoms. The van der Waals surface area contributed by atoms with Crippen molar-refractivity contribution in [1.29, 1.82) is 0 Å². The van der Waals surface area contributed by atoms with Crippen LogP contribution in [0.5, 0.6) is 0 Å². The van der Waals surface area contributed by atoms with E-state index in [-0.39, 0.29) is 24.0 Å². The van der Waals surface area contributed by atoms with Crippen LogP contribution in [-0.2, 0) is 4.74 Å². The summed E-state index contributed by atoms with van der Waals surface area (Å²) in [5.74, 6) is -1.00. The number of hydrogen-bond acceptors (Lipinski definition) is 5. The Morgan fingerprint density at radius 3 is 2.04 bits per heavy atom. The van der Waals surface area contributed by atoms with Crippen molar-refractivity contribution in [3.05, 3.63) is 51.4 Å². The molecule has 2 amide bonds. The first-order valence-electron chi connectivity index (χ1n) is 9.04. The maximum Gasteiger partial charge on any atom is 0.341 e. The summed E-state index contributed by atoms with van der Waals surface area (Å²) >= 11 is 1.34. The van der Waals surface area contributed by atoms with Crippen LogP contribution >= 0.6 is 11.3 Å². The molecule has 2 aromatic rings. The predicted molar refractivity (Wildman–Crippen MR) is 111 cm³/mol. The molecule has 2 rings (SSSR count). The van der Waals surface area contributed by atoms with E-state index in [9.17, 15) is 14.4 Å². The Morgan fingerprint density at radius 1 is 1.00 bits per heavy atom. The van der Waals surface area contributed by atoms with Gasteiger partial charge in [-0.2, -0.15) is 0 Å². The lowest BCUT2D eigenvalue weighted by atomic mass is 10.1. The number of ether oxygens (including phenoxy) is 1. The number of carbonyl (C=O) groups excluding carboxylic acids is 3. The fraction of sp³-hybridized carbons (Fsp3) is 0.381. The summed E-state index contributed by atoms with van der Waals surface area (Å²) in [6.07, 6.45) is 0. The number of thiophene rings is 1. The Labute approximate surface area is 169 Å². The summed E-state index contributed by atoms with van der Waals surface area (Å²) in [5, 5.41) is 6.13. The Balaban J connectivity index is 2.19. The number of benzene rings is 1. The van der Waals surface area contributed by atoms with Crippen molar-refractivity contribution < 1.29 is 19.1 Å². The van der Waals surface area contributed by atoms with Gasteiger partial charge in [0.25, 0.3) is 11.8 Å². The van der Waals surface area contributed by atoms with Gasteiger partial charge >= 0.3 is 5.97 Å². The molecule has 0 atom stereocenters. The van der Waals surface area contributed by atoms with Crippen LogP contribution < -0.4 is 10.6 Å². The summed E-state index contributed by atoms with van der Waals surface area (Å²) in [6, 6.07) is 6.38. The van der Waals surface area contributed by atoms with Gasteiger partial charge in [-0.3, -0.25) is 9.59 Å². The van der Waals surface area contributed by atoms with E-state index < -0.39 is 5.97 Å². The number of anilines is 1. The summed E-state index contributed by atoms with van der Waals surface area (Å²) in [6.45, 7) is 11.4. The molecule has 1 aromatic carbocycles. The van der Waals surface area contributed by atoms with E-state index in [0.717, 1.165) is 10.4 Å². The minimum atomic E-state index is -0.450. The van der Waals surface area contributed by atoms with Crippen molar-refractivity contribution in [2.45, 2.75) is 47.1 Å². The molecule has 0 bridgehead atoms. The molecular weight excluding hydrogens is 376 g/mol. The third-order valence-electron chi connectivity index (χ3n) is 3.99. The smallest absolute Gasteiger partial charge is 0.341 e. The first kappa shape index (κ1) is 21.6. The van der Waals surface area contributed by atoms with Gasteiger partial charge in [0.2, 0.25) is 0 Å². The summed E-state index contributed by atoms with van der Waals surface area (Å²) in [5.41, 5.74) is 1.71. The van der Waals surface area contributed by atoms with Crippen LogP contribution in [0, 0.1) is 13.8 Å². The van der Waals surface area contributed by atoms with E-state index >= 15 is 0 Å². The molecule has 0 fully saturated rings. The number of amides is 2. The van der Waals surface area contributed by atoms with Crippen LogP contribution in [0.4, 0.5) is 5.00 Å². The molecule has 0 aliphatic rings. The third-order valence-corrected chi connectivity index (χ3v) is 5.11. The second-order valence-corrected chi connectivity index (χ2v) is 8.67. The van der Waals surface area contributed by atoms with Gasteiger partial charge in [0.05, 0.1) is 12.2 Å². The van der Waals surface area contributed by atoms with Gasteiger partial charge in [0.1, 0.15) is 5.00 Å². The zero-order valence-electron chi connectivity index (χ0n) is 17.1. The Kier molecular flexibility index (Phi) is 6.61. The molecule has 0 spiro atoms. The summed E-state index contributed by atoms with van der Waals surface area (Å²) in [4.78, 5) is 38.0. The second kappa shape index (κ2) is 8.56. The second-order valence-electron chi connectivity index (χ2n) is 7.44. The van der Waals surface area contributed by atoms with Crippen LogP contribution in [0.15, 0.2) is 24.3 Å². The van der Waals surface area contributed by atoms with Crippen molar-refractivity contribution in [3.8, 4) is 0 Å². The molecule has 1 heterocycles. The number of rotatable bonds is 5. The highest BCUT2D eigenvalue weighted by molar-refractivity contribution is 7.16. The van der Waals surface area contributed by atoms with Crippen molar-refractivity contribution in [1.82, 2.24) is 5.32 Å². The lowest BCUT2D eigenvalue weighted by Crippen LogP contribution is -2.40. The fourth-order valence-corrected chi connectivity index (χ4v) is 3.57. The molecule has 0 saturated carbocycles. The normalized spacial score (nSPS) is 11.1. The fourth-order valence-electron chi connectivity index (χ4n) is 2.53. The number of nitrogens with one attached hydrogen (secondary N) is 2. The van der Waals surface area contributed by atoms with Crippen molar-refractivity contribution in [3.63, 3.8) is 0 Å². The molecule has 0 saturated heterocycles. The number of esters is 1. The van der Waals surface area contributed by atoms with Gasteiger partial charge in [-0.25, -0.2) is 4.79 Å². The number of hydrogen-bond donors (Lipinski definition) is 2. The molecule has 0 aliphatic carbocycles. The molecule has 0 aliphatic heterocycles. The maximum atomic E-state index is 12.6. The number of carbonyl (C=O) groups is 3. The average Bonchev–Trinajstić information content (AvgIpc) is 2.87. The van der Waals surface area contributed by atoms with Crippen molar-refractivity contribution in [2.75, 3.05) is 11.9 Å². The van der Waals surface area contributed by atoms with Gasteiger partial charge in [-0.1, -0.05) is 0 Å². The molecule has 0 radical (unpaired) electrons. The quantitative estimate of drug-likeness (QED) is 0.730. The van der Waals surface area contributed by atoms with E-state index in [4.69, 9.17) is 4.74 Å². The molecular formula is C21H26N2O4S. The largest absolute Gasteiger partial charge is 0.462 e. The number of aryl methyl sites for hydroxylation is 1. The van der Waals surface area contributed by atoms with Crippen molar-refractivity contribution in [2.24, 2.45) is 0 Å². The van der Waals surface area contributed by atoms with E-state index in [0.29, 0.717) is 21.7 Å². The van der Waals surface area contributed by atoms with Crippen LogP contribution in [0.1, 0.15) is 69.2 Å². The lowest BCUT2D eigenvalue weighted by Gasteiger charge is -2.20. The summed E-state index contributed by atoms with van der Waals surface area (Å²) in [7, 11) is 0. The topological polar surface area (TPSA) is 84.5 Å². The first-order chi connectivity index (χ1) is 13.0. The van der Waals surface area contributed by atoms with Gasteiger partial charge in [-0.05, 0) is 71.4 Å². The highest BCUT2D eigenvalue weighted by Gasteiger charge is 2.22. The molecule has 1 aromatic heterocycles. The average molecular weight is 403 g/mol. The van der Waals surface area contributed by atoms with Gasteiger partial charge in [-0.15, -0.1) is 11.3 Å². The first-order valence-corrected chi connectivity index (χ1v) is 9.86. The van der Waals surface area contributed by atoms with Gasteiger partial charge in [0, 0.05) is 21.5 Å². The molecule has 2 N–H and O–H groups in total. The Morgan fingerprint density at radius 2 is 1.54 bits per heavy atom. The Bertz CT molecular complexity index is 892. The van der Waals surface area contributed by atoms with E-state index in [1.165, 1.54) is 11.3 Å². The SMILES string of the molecule is CCOC(=O)c1c(NC(=O)c2ccc(C(=O)NC(C)(C)C)cc2)sc(C)c1C. The third kappa shape index (κ3) is 5.19. The zero-order valence-corrected chi connectivity index (χ0v) is 17.9. The molecule has 150 valence electrons. The van der Waals surface area contributed by atoms with Gasteiger partial charge in [0.15, 0.2) is 0 Å². The lowest BCUT2D eigenvalue weighted by molar-refractivity contribution is 0.0527. The molecule has 0 unspecified atom stereocenters. The monoisotopic (exact) mass is 402 g/mol. The van der Waals surface area contributed by atoms with Crippen LogP contribution in [0.2, 0.25) is 0 Å². The van der Waals surface area contributed by atoms with Crippen LogP contribution in [0.25, 0.3) is 0 Å². The van der Waals surface area contributed by atoms with Crippen LogP contribution in [0.3, 0.4) is 0 Å². The standard InChI is InChI=1S/C21H26N2O4S/c1-7-27-20(26)16-12(2)13(3)28-19(16)22-17(24)14-8-10-15(11-9-14)18(25)23-21(4,5)6/h8-11H,7H2,1-6H3,(H,22,24)(H,23,25). The highest BCUT2D eigenvalue weighted by atomic mass is 32.1. The maximum absolute atomic E-state index is 12.6. The van der Waals surface area contributed by atoms with E-state index in [1.807, 2.05) is 34.6 Å². The molecule has 6 nitrogen and oxygen atoms in total. The highest BCUT2D eigenvalue weighted by Crippen LogP contribution is 2.33. The zero-order chi connectivity index (χ0) is 21.1. The van der Waals surface area contributed by atoms with Crippen molar-refractivity contribution >= 4 is 34.1 Å². The van der Waals surface area contributed by atoms with Crippen LogP contribution in [-0.4, -0.2) is 29.9 Å². The summed E-state index contributed by atoms with van der Waals surface area (Å²) < 4.78 is 5.10. The van der Waals surface area contributed by atoms with E-state index in [1.54, 1.807) is 31.2 Å². The predicted octanol–water partition coefficient (Wildman–Crippen LogP) is 4.32. The minimum absolute atomic E-state index is 0.200. The van der Waals surface area contributed by atoms with Gasteiger partial charge < -0.3 is 15.4 Å².